The van der Waals surface area contributed by atoms with Gasteiger partial charge in [0.25, 0.3) is 5.91 Å². The predicted octanol–water partition coefficient (Wildman–Crippen LogP) is 2.45. The monoisotopic (exact) mass is 380 g/mol. The molecule has 1 atom stereocenters. The van der Waals surface area contributed by atoms with Gasteiger partial charge in [0.05, 0.1) is 6.54 Å². The number of piperidine rings is 1. The summed E-state index contributed by atoms with van der Waals surface area (Å²) in [5.41, 5.74) is 0.527. The standard InChI is InChI=1S/C21H28N6O/c28-21(18-9-3-4-10-22-18)26-11-5-6-16(14-26)20-24-23-19-15-25(12-13-27(19)20)17-7-1-2-8-17/h3-4,9-10,16-17H,1-2,5-8,11-15H2. The molecule has 28 heavy (non-hydrogen) atoms. The van der Waals surface area contributed by atoms with Gasteiger partial charge >= 0.3 is 0 Å². The Hall–Kier alpha value is -2.28. The zero-order chi connectivity index (χ0) is 18.9. The molecule has 0 aromatic carbocycles. The van der Waals surface area contributed by atoms with E-state index in [2.05, 4.69) is 24.6 Å². The third-order valence-corrected chi connectivity index (χ3v) is 6.61. The Kier molecular flexibility index (Phi) is 4.84. The average molecular weight is 380 g/mol. The van der Waals surface area contributed by atoms with Gasteiger partial charge in [-0.05, 0) is 37.8 Å². The maximum absolute atomic E-state index is 12.8. The number of amides is 1. The van der Waals surface area contributed by atoms with Gasteiger partial charge in [0.2, 0.25) is 0 Å². The van der Waals surface area contributed by atoms with Crippen molar-refractivity contribution in [3.05, 3.63) is 41.7 Å². The number of pyridine rings is 1. The Labute approximate surface area is 165 Å². The number of fused-ring (bicyclic) bond motifs is 1. The molecule has 4 heterocycles. The lowest BCUT2D eigenvalue weighted by Gasteiger charge is -2.35. The van der Waals surface area contributed by atoms with Crippen molar-refractivity contribution in [2.45, 2.75) is 63.6 Å². The highest BCUT2D eigenvalue weighted by molar-refractivity contribution is 5.92. The molecule has 1 unspecified atom stereocenters. The molecule has 1 saturated heterocycles. The van der Waals surface area contributed by atoms with Gasteiger partial charge in [-0.2, -0.15) is 0 Å². The van der Waals surface area contributed by atoms with E-state index in [0.29, 0.717) is 12.2 Å². The van der Waals surface area contributed by atoms with E-state index in [1.807, 2.05) is 17.0 Å². The van der Waals surface area contributed by atoms with Crippen LogP contribution in [0.2, 0.25) is 0 Å². The molecule has 5 rings (SSSR count). The molecule has 0 N–H and O–H groups in total. The van der Waals surface area contributed by atoms with Crippen LogP contribution in [0.1, 0.15) is 66.6 Å². The summed E-state index contributed by atoms with van der Waals surface area (Å²) in [6.45, 7) is 4.48. The fraction of sp³-hybridized carbons (Fsp3) is 0.619. The molecule has 2 fully saturated rings. The Bertz CT molecular complexity index is 829. The van der Waals surface area contributed by atoms with Gasteiger partial charge in [-0.1, -0.05) is 18.9 Å². The molecular weight excluding hydrogens is 352 g/mol. The van der Waals surface area contributed by atoms with E-state index in [-0.39, 0.29) is 11.8 Å². The maximum atomic E-state index is 12.8. The van der Waals surface area contributed by atoms with Crippen molar-refractivity contribution in [2.24, 2.45) is 0 Å². The number of likely N-dealkylation sites (tertiary alicyclic amines) is 1. The van der Waals surface area contributed by atoms with Crippen LogP contribution in [-0.2, 0) is 13.1 Å². The molecule has 1 aliphatic carbocycles. The predicted molar refractivity (Wildman–Crippen MR) is 105 cm³/mol. The molecule has 0 radical (unpaired) electrons. The number of aromatic nitrogens is 4. The quantitative estimate of drug-likeness (QED) is 0.818. The normalized spacial score (nSPS) is 23.7. The lowest BCUT2D eigenvalue weighted by atomic mass is 9.96. The first-order valence-corrected chi connectivity index (χ1v) is 10.7. The first-order chi connectivity index (χ1) is 13.8. The van der Waals surface area contributed by atoms with Crippen LogP contribution in [0, 0.1) is 0 Å². The van der Waals surface area contributed by atoms with Gasteiger partial charge in [-0.3, -0.25) is 14.7 Å². The van der Waals surface area contributed by atoms with E-state index in [0.717, 1.165) is 56.7 Å². The van der Waals surface area contributed by atoms with E-state index < -0.39 is 0 Å². The molecule has 0 bridgehead atoms. The summed E-state index contributed by atoms with van der Waals surface area (Å²) in [6.07, 6.45) is 9.13. The smallest absolute Gasteiger partial charge is 0.272 e. The van der Waals surface area contributed by atoms with Crippen molar-refractivity contribution in [1.82, 2.24) is 29.5 Å². The summed E-state index contributed by atoms with van der Waals surface area (Å²) < 4.78 is 2.32. The lowest BCUT2D eigenvalue weighted by molar-refractivity contribution is 0.0695. The fourth-order valence-corrected chi connectivity index (χ4v) is 5.11. The molecule has 0 spiro atoms. The van der Waals surface area contributed by atoms with Crippen LogP contribution < -0.4 is 0 Å². The average Bonchev–Trinajstić information content (AvgIpc) is 3.43. The molecule has 7 heteroatoms. The van der Waals surface area contributed by atoms with Gasteiger partial charge in [-0.25, -0.2) is 0 Å². The van der Waals surface area contributed by atoms with Gasteiger partial charge < -0.3 is 9.47 Å². The van der Waals surface area contributed by atoms with Crippen molar-refractivity contribution < 1.29 is 4.79 Å². The van der Waals surface area contributed by atoms with Crippen LogP contribution in [0.3, 0.4) is 0 Å². The molecule has 2 aromatic rings. The zero-order valence-electron chi connectivity index (χ0n) is 16.3. The van der Waals surface area contributed by atoms with E-state index in [4.69, 9.17) is 0 Å². The third-order valence-electron chi connectivity index (χ3n) is 6.61. The van der Waals surface area contributed by atoms with Crippen LogP contribution in [0.4, 0.5) is 0 Å². The maximum Gasteiger partial charge on any atom is 0.272 e. The van der Waals surface area contributed by atoms with E-state index >= 15 is 0 Å². The highest BCUT2D eigenvalue weighted by Gasteiger charge is 2.33. The minimum atomic E-state index is 0.0242. The Balaban J connectivity index is 1.30. The van der Waals surface area contributed by atoms with E-state index in [9.17, 15) is 4.79 Å². The summed E-state index contributed by atoms with van der Waals surface area (Å²) in [4.78, 5) is 21.6. The molecule has 3 aliphatic rings. The zero-order valence-corrected chi connectivity index (χ0v) is 16.3. The molecule has 2 aliphatic heterocycles. The summed E-state index contributed by atoms with van der Waals surface area (Å²) in [5.74, 6) is 2.46. The van der Waals surface area contributed by atoms with Crippen molar-refractivity contribution in [2.75, 3.05) is 19.6 Å². The summed E-state index contributed by atoms with van der Waals surface area (Å²) in [5, 5.41) is 9.12. The lowest BCUT2D eigenvalue weighted by Crippen LogP contribution is -2.42. The van der Waals surface area contributed by atoms with Gasteiger partial charge in [0.1, 0.15) is 17.3 Å². The molecular formula is C21H28N6O. The summed E-state index contributed by atoms with van der Waals surface area (Å²) in [7, 11) is 0. The molecule has 7 nitrogen and oxygen atoms in total. The summed E-state index contributed by atoms with van der Waals surface area (Å²) in [6, 6.07) is 6.23. The van der Waals surface area contributed by atoms with Crippen LogP contribution in [0.5, 0.6) is 0 Å². The highest BCUT2D eigenvalue weighted by atomic mass is 16.2. The summed E-state index contributed by atoms with van der Waals surface area (Å²) >= 11 is 0. The molecule has 1 amide bonds. The number of rotatable bonds is 3. The van der Waals surface area contributed by atoms with E-state index in [1.54, 1.807) is 12.3 Å². The second kappa shape index (κ2) is 7.62. The molecule has 1 saturated carbocycles. The number of carbonyl (C=O) groups is 1. The van der Waals surface area contributed by atoms with Crippen LogP contribution in [-0.4, -0.2) is 61.1 Å². The minimum absolute atomic E-state index is 0.0242. The Morgan fingerprint density at radius 1 is 1.00 bits per heavy atom. The topological polar surface area (TPSA) is 67.2 Å². The minimum Gasteiger partial charge on any atom is -0.337 e. The highest BCUT2D eigenvalue weighted by Crippen LogP contribution is 2.30. The first-order valence-electron chi connectivity index (χ1n) is 10.7. The van der Waals surface area contributed by atoms with Gasteiger partial charge in [-0.15, -0.1) is 10.2 Å². The van der Waals surface area contributed by atoms with Crippen LogP contribution in [0.15, 0.2) is 24.4 Å². The largest absolute Gasteiger partial charge is 0.337 e. The van der Waals surface area contributed by atoms with Crippen LogP contribution >= 0.6 is 0 Å². The Morgan fingerprint density at radius 2 is 1.89 bits per heavy atom. The number of nitrogens with zero attached hydrogens (tertiary/aromatic N) is 6. The number of carbonyl (C=O) groups excluding carboxylic acids is 1. The first kappa shape index (κ1) is 17.8. The van der Waals surface area contributed by atoms with Crippen LogP contribution in [0.25, 0.3) is 0 Å². The Morgan fingerprint density at radius 3 is 2.71 bits per heavy atom. The van der Waals surface area contributed by atoms with E-state index in [1.165, 1.54) is 25.7 Å². The second-order valence-corrected chi connectivity index (χ2v) is 8.34. The van der Waals surface area contributed by atoms with Crippen molar-refractivity contribution in [3.8, 4) is 0 Å². The van der Waals surface area contributed by atoms with Crippen molar-refractivity contribution in [1.29, 1.82) is 0 Å². The number of hydrogen-bond acceptors (Lipinski definition) is 5. The molecule has 148 valence electrons. The third kappa shape index (κ3) is 3.32. The van der Waals surface area contributed by atoms with Crippen molar-refractivity contribution in [3.63, 3.8) is 0 Å². The van der Waals surface area contributed by atoms with Gasteiger partial charge in [0, 0.05) is 44.3 Å². The number of hydrogen-bond donors (Lipinski definition) is 0. The second-order valence-electron chi connectivity index (χ2n) is 8.34. The SMILES string of the molecule is O=C(c1ccccn1)N1CCCC(c2nnc3n2CCN(C2CCCC2)C3)C1. The van der Waals surface area contributed by atoms with Gasteiger partial charge in [0.15, 0.2) is 0 Å². The fourth-order valence-electron chi connectivity index (χ4n) is 5.11. The molecule has 2 aromatic heterocycles. The van der Waals surface area contributed by atoms with Crippen molar-refractivity contribution >= 4 is 5.91 Å².